The Balaban J connectivity index is -0.000000197. The molecule has 2 N–H and O–H groups in total. The maximum atomic E-state index is 9.90. The van der Waals surface area contributed by atoms with Crippen LogP contribution in [-0.2, 0) is 0 Å². The molecule has 0 aromatic carbocycles. The van der Waals surface area contributed by atoms with Gasteiger partial charge in [0.25, 0.3) is 0 Å². The van der Waals surface area contributed by atoms with Crippen molar-refractivity contribution in [2.75, 3.05) is 16.6 Å². The minimum atomic E-state index is -0.366. The second-order valence-electron chi connectivity index (χ2n) is 4.01. The second kappa shape index (κ2) is 23.1. The SMILES string of the molecule is CCC(C)[O-].CCC(C)[O-].CS[CH2][Sn+2][CH2]CCN. The van der Waals surface area contributed by atoms with Crippen molar-refractivity contribution in [2.24, 2.45) is 5.73 Å². The molecule has 5 heteroatoms. The number of hydrogen-bond acceptors (Lipinski definition) is 4. The van der Waals surface area contributed by atoms with Crippen molar-refractivity contribution in [2.45, 2.75) is 63.6 Å². The standard InChI is InChI=1S/2C4H9O.C3H8N.C2H5S.Sn/c2*1-3-4(2)5;1-2-3-4;1-3-2;/h2*4H,3H2,1-2H3;1-4H2;1H2,2H3;/q2*-1;;;+2. The quantitative estimate of drug-likeness (QED) is 0.527. The zero-order valence-corrected chi connectivity index (χ0v) is 16.4. The number of thioether (sulfide) groups is 1. The first-order chi connectivity index (χ1) is 8.45. The summed E-state index contributed by atoms with van der Waals surface area (Å²) in [6, 6.07) is 0. The van der Waals surface area contributed by atoms with E-state index in [1.54, 1.807) is 13.8 Å². The van der Waals surface area contributed by atoms with Crippen LogP contribution in [0, 0.1) is 0 Å². The third-order valence-corrected chi connectivity index (χ3v) is 8.68. The molecular weight excluding hydrogens is 353 g/mol. The summed E-state index contributed by atoms with van der Waals surface area (Å²) in [5, 5.41) is 19.8. The summed E-state index contributed by atoms with van der Waals surface area (Å²) >= 11 is 2.04. The summed E-state index contributed by atoms with van der Waals surface area (Å²) in [6.07, 6.45) is 4.22. The van der Waals surface area contributed by atoms with Gasteiger partial charge in [-0.25, -0.2) is 0 Å². The zero-order valence-electron chi connectivity index (χ0n) is 12.7. The molecule has 0 fully saturated rings. The van der Waals surface area contributed by atoms with Gasteiger partial charge in [0.15, 0.2) is 0 Å². The fraction of sp³-hybridized carbons (Fsp3) is 1.00. The van der Waals surface area contributed by atoms with E-state index in [9.17, 15) is 10.2 Å². The van der Waals surface area contributed by atoms with Crippen LogP contribution in [0.1, 0.15) is 47.0 Å². The predicted molar refractivity (Wildman–Crippen MR) is 82.1 cm³/mol. The first-order valence-corrected chi connectivity index (χ1v) is 12.1. The van der Waals surface area contributed by atoms with Gasteiger partial charge in [-0.1, -0.05) is 40.5 Å². The Morgan fingerprint density at radius 2 is 1.50 bits per heavy atom. The van der Waals surface area contributed by atoms with Gasteiger partial charge >= 0.3 is 66.1 Å². The van der Waals surface area contributed by atoms with Crippen molar-refractivity contribution in [1.29, 1.82) is 0 Å². The van der Waals surface area contributed by atoms with Gasteiger partial charge in [0.2, 0.25) is 0 Å². The van der Waals surface area contributed by atoms with E-state index in [4.69, 9.17) is 5.73 Å². The van der Waals surface area contributed by atoms with Crippen LogP contribution >= 0.6 is 11.8 Å². The van der Waals surface area contributed by atoms with Crippen molar-refractivity contribution >= 4 is 32.9 Å². The number of hydrogen-bond donors (Lipinski definition) is 1. The van der Waals surface area contributed by atoms with Gasteiger partial charge in [-0.3, -0.25) is 0 Å². The molecule has 110 valence electrons. The molecule has 3 nitrogen and oxygen atoms in total. The van der Waals surface area contributed by atoms with Gasteiger partial charge in [0, 0.05) is 0 Å². The molecule has 0 aliphatic carbocycles. The van der Waals surface area contributed by atoms with E-state index in [1.807, 2.05) is 25.6 Å². The van der Waals surface area contributed by atoms with Crippen molar-refractivity contribution in [3.8, 4) is 0 Å². The molecule has 0 amide bonds. The molecule has 0 aliphatic heterocycles. The molecule has 0 aromatic heterocycles. The molecule has 0 aromatic rings. The third kappa shape index (κ3) is 43.5. The van der Waals surface area contributed by atoms with E-state index < -0.39 is 0 Å². The molecule has 0 radical (unpaired) electrons. The molecule has 0 aliphatic rings. The van der Waals surface area contributed by atoms with Crippen LogP contribution in [-0.4, -0.2) is 49.9 Å². The van der Waals surface area contributed by atoms with Crippen LogP contribution in [0.25, 0.3) is 0 Å². The summed E-state index contributed by atoms with van der Waals surface area (Å²) in [6.45, 7) is 8.00. The average Bonchev–Trinajstić information content (AvgIpc) is 2.36. The Morgan fingerprint density at radius 1 is 1.11 bits per heavy atom. The van der Waals surface area contributed by atoms with Gasteiger partial charge in [0.1, 0.15) is 0 Å². The molecule has 2 unspecified atom stereocenters. The van der Waals surface area contributed by atoms with Crippen molar-refractivity contribution in [3.05, 3.63) is 0 Å². The van der Waals surface area contributed by atoms with E-state index >= 15 is 0 Å². The Bertz CT molecular complexity index is 114. The first kappa shape index (κ1) is 24.1. The van der Waals surface area contributed by atoms with Gasteiger partial charge in [-0.05, 0) is 0 Å². The van der Waals surface area contributed by atoms with Crippen LogP contribution < -0.4 is 15.9 Å². The molecule has 0 rings (SSSR count). The van der Waals surface area contributed by atoms with Gasteiger partial charge in [0.05, 0.1) is 0 Å². The van der Waals surface area contributed by atoms with Crippen LogP contribution in [0.3, 0.4) is 0 Å². The maximum absolute atomic E-state index is 9.90. The summed E-state index contributed by atoms with van der Waals surface area (Å²) in [5.41, 5.74) is 5.33. The van der Waals surface area contributed by atoms with Crippen LogP contribution in [0.4, 0.5) is 0 Å². The van der Waals surface area contributed by atoms with E-state index in [1.165, 1.54) is 14.6 Å². The number of nitrogens with two attached hydrogens (primary N) is 1. The monoisotopic (exact) mass is 385 g/mol. The van der Waals surface area contributed by atoms with Crippen LogP contribution in [0.15, 0.2) is 0 Å². The Morgan fingerprint density at radius 3 is 1.72 bits per heavy atom. The molecule has 0 heterocycles. The zero-order chi connectivity index (χ0) is 14.8. The first-order valence-electron chi connectivity index (χ1n) is 6.67. The Hall–Kier alpha value is 1.03. The van der Waals surface area contributed by atoms with Crippen molar-refractivity contribution in [1.82, 2.24) is 0 Å². The Labute approximate surface area is 129 Å². The topological polar surface area (TPSA) is 72.1 Å². The molecule has 0 saturated heterocycles. The molecule has 0 saturated carbocycles. The fourth-order valence-corrected chi connectivity index (χ4v) is 5.03. The summed E-state index contributed by atoms with van der Waals surface area (Å²) in [4.78, 5) is 0. The van der Waals surface area contributed by atoms with Crippen molar-refractivity contribution < 1.29 is 10.2 Å². The molecule has 0 bridgehead atoms. The Kier molecular flexibility index (Phi) is 31.0. The molecular formula is C13H31NO2SSn. The molecule has 18 heavy (non-hydrogen) atoms. The second-order valence-corrected chi connectivity index (χ2v) is 10.2. The number of rotatable bonds is 7. The van der Waals surface area contributed by atoms with Gasteiger partial charge in [-0.2, -0.15) is 0 Å². The van der Waals surface area contributed by atoms with Gasteiger partial charge < -0.3 is 10.2 Å². The van der Waals surface area contributed by atoms with E-state index in [-0.39, 0.29) is 33.4 Å². The normalized spacial score (nSPS) is 12.2. The predicted octanol–water partition coefficient (Wildman–Crippen LogP) is 1.07. The third-order valence-electron chi connectivity index (χ3n) is 1.95. The van der Waals surface area contributed by atoms with E-state index in [2.05, 4.69) is 6.26 Å². The fourth-order valence-electron chi connectivity index (χ4n) is 0.401. The van der Waals surface area contributed by atoms with Crippen molar-refractivity contribution in [3.63, 3.8) is 0 Å². The van der Waals surface area contributed by atoms with E-state index in [0.29, 0.717) is 0 Å². The van der Waals surface area contributed by atoms with Crippen LogP contribution in [0.5, 0.6) is 0 Å². The van der Waals surface area contributed by atoms with E-state index in [0.717, 1.165) is 19.4 Å². The molecule has 2 atom stereocenters. The average molecular weight is 384 g/mol. The summed E-state index contributed by atoms with van der Waals surface area (Å²) in [7, 11) is 0. The molecule has 0 spiro atoms. The summed E-state index contributed by atoms with van der Waals surface area (Å²) in [5.74, 6) is 0. The van der Waals surface area contributed by atoms with Crippen LogP contribution in [0.2, 0.25) is 4.44 Å². The minimum absolute atomic E-state index is 0.0484. The summed E-state index contributed by atoms with van der Waals surface area (Å²) < 4.78 is 2.93. The van der Waals surface area contributed by atoms with Gasteiger partial charge in [-0.15, -0.1) is 12.2 Å².